The van der Waals surface area contributed by atoms with Crippen LogP contribution < -0.4 is 10.5 Å². The molecular weight excluding hydrogens is 249 g/mol. The summed E-state index contributed by atoms with van der Waals surface area (Å²) in [5, 5.41) is 0. The lowest BCUT2D eigenvalue weighted by Crippen LogP contribution is -2.11. The van der Waals surface area contributed by atoms with E-state index in [0.717, 1.165) is 6.07 Å². The maximum atomic E-state index is 13.7. The van der Waals surface area contributed by atoms with Crippen LogP contribution in [0, 0.1) is 5.82 Å². The first-order valence-corrected chi connectivity index (χ1v) is 5.43. The number of carbonyl (C=O) groups is 2. The van der Waals surface area contributed by atoms with Gasteiger partial charge >= 0.3 is 0 Å². The normalized spacial score (nSPS) is 9.95. The molecule has 96 valence electrons. The highest BCUT2D eigenvalue weighted by Gasteiger charge is 2.10. The minimum atomic E-state index is -0.725. The number of benzene rings is 2. The number of para-hydroxylation sites is 1. The van der Waals surface area contributed by atoms with Crippen molar-refractivity contribution in [2.45, 2.75) is 0 Å². The molecular formula is C14H10FNO3. The summed E-state index contributed by atoms with van der Waals surface area (Å²) in [5.74, 6) is -1.29. The number of hydrogen-bond donors (Lipinski definition) is 1. The summed E-state index contributed by atoms with van der Waals surface area (Å²) in [6.45, 7) is 0. The fourth-order valence-corrected chi connectivity index (χ4v) is 1.53. The monoisotopic (exact) mass is 259 g/mol. The summed E-state index contributed by atoms with van der Waals surface area (Å²) in [7, 11) is 0. The van der Waals surface area contributed by atoms with Gasteiger partial charge in [-0.2, -0.15) is 0 Å². The molecule has 0 aliphatic carbocycles. The van der Waals surface area contributed by atoms with Gasteiger partial charge in [-0.15, -0.1) is 0 Å². The van der Waals surface area contributed by atoms with E-state index in [4.69, 9.17) is 10.5 Å². The molecule has 4 nitrogen and oxygen atoms in total. The van der Waals surface area contributed by atoms with Crippen molar-refractivity contribution in [2.24, 2.45) is 5.73 Å². The van der Waals surface area contributed by atoms with Gasteiger partial charge in [0.15, 0.2) is 17.9 Å². The smallest absolute Gasteiger partial charge is 0.248 e. The minimum absolute atomic E-state index is 0.0496. The summed E-state index contributed by atoms with van der Waals surface area (Å²) < 4.78 is 19.0. The molecule has 0 saturated heterocycles. The highest BCUT2D eigenvalue weighted by Crippen LogP contribution is 2.27. The highest BCUT2D eigenvalue weighted by molar-refractivity contribution is 5.92. The van der Waals surface area contributed by atoms with Crippen LogP contribution in [-0.4, -0.2) is 12.2 Å². The van der Waals surface area contributed by atoms with Crippen molar-refractivity contribution < 1.29 is 18.7 Å². The largest absolute Gasteiger partial charge is 0.454 e. The van der Waals surface area contributed by atoms with Crippen molar-refractivity contribution in [1.29, 1.82) is 0 Å². The van der Waals surface area contributed by atoms with Crippen molar-refractivity contribution in [1.82, 2.24) is 0 Å². The third kappa shape index (κ3) is 2.77. The molecule has 19 heavy (non-hydrogen) atoms. The van der Waals surface area contributed by atoms with E-state index in [-0.39, 0.29) is 17.1 Å². The van der Waals surface area contributed by atoms with Crippen LogP contribution in [0.4, 0.5) is 4.39 Å². The van der Waals surface area contributed by atoms with Gasteiger partial charge in [-0.3, -0.25) is 9.59 Å². The zero-order valence-electron chi connectivity index (χ0n) is 9.80. The van der Waals surface area contributed by atoms with E-state index in [1.54, 1.807) is 24.3 Å². The molecule has 0 aliphatic heterocycles. The number of hydrogen-bond acceptors (Lipinski definition) is 3. The Bertz CT molecular complexity index is 640. The molecule has 0 aromatic heterocycles. The Morgan fingerprint density at radius 3 is 2.53 bits per heavy atom. The number of rotatable bonds is 4. The molecule has 0 spiro atoms. The second-order valence-corrected chi connectivity index (χ2v) is 3.77. The number of ether oxygens (including phenoxy) is 1. The standard InChI is InChI=1S/C14H10FNO3/c15-11-7-9(14(16)18)5-6-13(11)19-12-4-2-1-3-10(12)8-17/h1-8H,(H2,16,18). The fraction of sp³-hybridized carbons (Fsp3) is 0. The summed E-state index contributed by atoms with van der Waals surface area (Å²) in [5.41, 5.74) is 5.39. The van der Waals surface area contributed by atoms with Gasteiger partial charge < -0.3 is 10.5 Å². The summed E-state index contributed by atoms with van der Waals surface area (Å²) in [6, 6.07) is 10.1. The molecule has 2 aromatic rings. The molecule has 0 bridgehead atoms. The van der Waals surface area contributed by atoms with Crippen LogP contribution in [0.1, 0.15) is 20.7 Å². The molecule has 2 rings (SSSR count). The van der Waals surface area contributed by atoms with E-state index in [0.29, 0.717) is 11.8 Å². The molecule has 0 fully saturated rings. The van der Waals surface area contributed by atoms with Crippen molar-refractivity contribution in [2.75, 3.05) is 0 Å². The molecule has 0 radical (unpaired) electrons. The molecule has 2 N–H and O–H groups in total. The molecule has 0 saturated carbocycles. The van der Waals surface area contributed by atoms with Crippen molar-refractivity contribution in [3.05, 3.63) is 59.4 Å². The zero-order chi connectivity index (χ0) is 13.8. The topological polar surface area (TPSA) is 69.4 Å². The molecule has 1 amide bonds. The quantitative estimate of drug-likeness (QED) is 0.858. The summed E-state index contributed by atoms with van der Waals surface area (Å²) in [4.78, 5) is 21.7. The van der Waals surface area contributed by atoms with E-state index in [1.807, 2.05) is 0 Å². The lowest BCUT2D eigenvalue weighted by Gasteiger charge is -2.09. The van der Waals surface area contributed by atoms with Gasteiger partial charge in [-0.05, 0) is 30.3 Å². The first-order chi connectivity index (χ1) is 9.11. The number of carbonyl (C=O) groups excluding carboxylic acids is 2. The molecule has 0 atom stereocenters. The summed E-state index contributed by atoms with van der Waals surface area (Å²) >= 11 is 0. The Morgan fingerprint density at radius 1 is 1.16 bits per heavy atom. The van der Waals surface area contributed by atoms with Crippen LogP contribution in [-0.2, 0) is 0 Å². The Morgan fingerprint density at radius 2 is 1.89 bits per heavy atom. The summed E-state index contributed by atoms with van der Waals surface area (Å²) in [6.07, 6.45) is 0.616. The maximum Gasteiger partial charge on any atom is 0.248 e. The van der Waals surface area contributed by atoms with Gasteiger partial charge in [0.25, 0.3) is 0 Å². The Balaban J connectivity index is 2.33. The van der Waals surface area contributed by atoms with E-state index in [1.165, 1.54) is 12.1 Å². The SMILES string of the molecule is NC(=O)c1ccc(Oc2ccccc2C=O)c(F)c1. The lowest BCUT2D eigenvalue weighted by atomic mass is 10.2. The van der Waals surface area contributed by atoms with Gasteiger partial charge in [0.1, 0.15) is 5.75 Å². The van der Waals surface area contributed by atoms with Crippen LogP contribution in [0.5, 0.6) is 11.5 Å². The van der Waals surface area contributed by atoms with Crippen molar-refractivity contribution >= 4 is 12.2 Å². The number of primary amides is 1. The molecule has 2 aromatic carbocycles. The van der Waals surface area contributed by atoms with Gasteiger partial charge in [0.2, 0.25) is 5.91 Å². The molecule has 0 unspecified atom stereocenters. The molecule has 0 aliphatic rings. The van der Waals surface area contributed by atoms with E-state index in [9.17, 15) is 14.0 Å². The molecule has 0 heterocycles. The predicted octanol–water partition coefficient (Wildman–Crippen LogP) is 2.53. The number of halogens is 1. The van der Waals surface area contributed by atoms with E-state index in [2.05, 4.69) is 0 Å². The third-order valence-corrected chi connectivity index (χ3v) is 2.48. The van der Waals surface area contributed by atoms with Crippen molar-refractivity contribution in [3.8, 4) is 11.5 Å². The second-order valence-electron chi connectivity index (χ2n) is 3.77. The first kappa shape index (κ1) is 12.8. The Kier molecular flexibility index (Phi) is 3.56. The van der Waals surface area contributed by atoms with Crippen LogP contribution in [0.3, 0.4) is 0 Å². The van der Waals surface area contributed by atoms with E-state index < -0.39 is 11.7 Å². The highest BCUT2D eigenvalue weighted by atomic mass is 19.1. The molecule has 5 heteroatoms. The van der Waals surface area contributed by atoms with Crippen LogP contribution in [0.2, 0.25) is 0 Å². The predicted molar refractivity (Wildman–Crippen MR) is 66.8 cm³/mol. The van der Waals surface area contributed by atoms with Gasteiger partial charge in [0, 0.05) is 5.56 Å². The van der Waals surface area contributed by atoms with E-state index >= 15 is 0 Å². The fourth-order valence-electron chi connectivity index (χ4n) is 1.53. The van der Waals surface area contributed by atoms with Gasteiger partial charge in [-0.1, -0.05) is 12.1 Å². The Hall–Kier alpha value is -2.69. The number of nitrogens with two attached hydrogens (primary N) is 1. The maximum absolute atomic E-state index is 13.7. The van der Waals surface area contributed by atoms with Crippen LogP contribution >= 0.6 is 0 Å². The lowest BCUT2D eigenvalue weighted by molar-refractivity contribution is 0.0999. The number of amides is 1. The Labute approximate surface area is 108 Å². The van der Waals surface area contributed by atoms with Gasteiger partial charge in [-0.25, -0.2) is 4.39 Å². The van der Waals surface area contributed by atoms with Crippen LogP contribution in [0.25, 0.3) is 0 Å². The average Bonchev–Trinajstić information content (AvgIpc) is 2.41. The van der Waals surface area contributed by atoms with Crippen LogP contribution in [0.15, 0.2) is 42.5 Å². The zero-order valence-corrected chi connectivity index (χ0v) is 9.80. The first-order valence-electron chi connectivity index (χ1n) is 5.43. The van der Waals surface area contributed by atoms with Crippen molar-refractivity contribution in [3.63, 3.8) is 0 Å². The minimum Gasteiger partial charge on any atom is -0.454 e. The third-order valence-electron chi connectivity index (χ3n) is 2.48. The number of aldehydes is 1. The second kappa shape index (κ2) is 5.30. The van der Waals surface area contributed by atoms with Gasteiger partial charge in [0.05, 0.1) is 5.56 Å². The average molecular weight is 259 g/mol.